The number of carbonyl (C=O) groups is 1. The Morgan fingerprint density at radius 1 is 0.736 bits per heavy atom. The number of nitrogens with zero attached hydrogens (tertiary/aromatic N) is 1. The lowest BCUT2D eigenvalue weighted by molar-refractivity contribution is -0.140. The molecule has 0 bridgehead atoms. The molecule has 284 valence electrons. The van der Waals surface area contributed by atoms with Crippen LogP contribution in [0.3, 0.4) is 0 Å². The Kier molecular flexibility index (Phi) is 12.1. The van der Waals surface area contributed by atoms with E-state index in [-0.39, 0.29) is 24.5 Å². The molecule has 1 aromatic heterocycles. The van der Waals surface area contributed by atoms with Gasteiger partial charge in [-0.05, 0) is 53.4 Å². The third-order valence-electron chi connectivity index (χ3n) is 9.36. The molecule has 0 amide bonds. The number of methoxy groups -OCH3 is 9. The maximum Gasteiger partial charge on any atom is 0.306 e. The van der Waals surface area contributed by atoms with Crippen molar-refractivity contribution in [2.45, 2.75) is 31.3 Å². The molecule has 0 saturated heterocycles. The Bertz CT molecular complexity index is 1980. The van der Waals surface area contributed by atoms with Crippen molar-refractivity contribution in [1.29, 1.82) is 0 Å². The highest BCUT2D eigenvalue weighted by Crippen LogP contribution is 2.47. The molecule has 2 atom stereocenters. The first-order chi connectivity index (χ1) is 25.6. The second-order valence-corrected chi connectivity index (χ2v) is 12.1. The van der Waals surface area contributed by atoms with Gasteiger partial charge in [-0.15, -0.1) is 0 Å². The van der Waals surface area contributed by atoms with E-state index in [1.165, 1.54) is 41.6 Å². The molecule has 0 radical (unpaired) electrons. The molecule has 4 aromatic rings. The number of hydrogen-bond donors (Lipinski definition) is 1. The van der Waals surface area contributed by atoms with Crippen molar-refractivity contribution >= 4 is 5.97 Å². The molecule has 0 saturated carbocycles. The second-order valence-electron chi connectivity index (χ2n) is 12.1. The van der Waals surface area contributed by atoms with Crippen LogP contribution >= 0.6 is 0 Å². The summed E-state index contributed by atoms with van der Waals surface area (Å²) in [7, 11) is 13.4. The van der Waals surface area contributed by atoms with Crippen molar-refractivity contribution in [2.24, 2.45) is 0 Å². The van der Waals surface area contributed by atoms with Crippen molar-refractivity contribution in [3.8, 4) is 51.7 Å². The van der Waals surface area contributed by atoms with E-state index < -0.39 is 29.1 Å². The lowest BCUT2D eigenvalue weighted by Gasteiger charge is -2.38. The van der Waals surface area contributed by atoms with Gasteiger partial charge in [0, 0.05) is 24.2 Å². The Hall–Kier alpha value is -5.76. The van der Waals surface area contributed by atoms with Crippen LogP contribution < -0.4 is 43.3 Å². The molecule has 0 unspecified atom stereocenters. The minimum Gasteiger partial charge on any atom is -0.502 e. The predicted molar refractivity (Wildman–Crippen MR) is 193 cm³/mol. The van der Waals surface area contributed by atoms with Crippen LogP contribution in [0.4, 0.5) is 0 Å². The quantitative estimate of drug-likeness (QED) is 0.158. The van der Waals surface area contributed by atoms with E-state index in [1.807, 2.05) is 24.3 Å². The Morgan fingerprint density at radius 3 is 1.87 bits per heavy atom. The largest absolute Gasteiger partial charge is 0.502 e. The number of ether oxygens (including phenoxy) is 9. The highest BCUT2D eigenvalue weighted by Gasteiger charge is 2.35. The maximum atomic E-state index is 13.5. The summed E-state index contributed by atoms with van der Waals surface area (Å²) in [5, 5.41) is 11.2. The van der Waals surface area contributed by atoms with Crippen molar-refractivity contribution in [3.63, 3.8) is 0 Å². The SMILES string of the molecule is COC(=O)C[C@H](c1cc(OC)c(OC)cc1OC)c1oc(CN2CCc3cc(OC)c(OC)cc3[C@H]2c2cc(OC)c(OC)c(OC)c2)cc(=O)c1O. The molecule has 53 heavy (non-hydrogen) atoms. The average molecular weight is 736 g/mol. The molecule has 3 aromatic carbocycles. The zero-order chi connectivity index (χ0) is 38.4. The molecular weight excluding hydrogens is 690 g/mol. The number of fused-ring (bicyclic) bond motifs is 1. The second kappa shape index (κ2) is 16.7. The van der Waals surface area contributed by atoms with Crippen molar-refractivity contribution in [1.82, 2.24) is 4.90 Å². The predicted octanol–water partition coefficient (Wildman–Crippen LogP) is 5.26. The van der Waals surface area contributed by atoms with Crippen molar-refractivity contribution in [2.75, 3.05) is 70.5 Å². The van der Waals surface area contributed by atoms with Gasteiger partial charge in [-0.2, -0.15) is 0 Å². The van der Waals surface area contributed by atoms with Gasteiger partial charge in [0.05, 0.1) is 88.9 Å². The monoisotopic (exact) mass is 735 g/mol. The fourth-order valence-corrected chi connectivity index (χ4v) is 6.81. The lowest BCUT2D eigenvalue weighted by Crippen LogP contribution is -2.36. The van der Waals surface area contributed by atoms with Crippen LogP contribution in [0.25, 0.3) is 0 Å². The molecule has 0 aliphatic carbocycles. The summed E-state index contributed by atoms with van der Waals surface area (Å²) >= 11 is 0. The number of aromatic hydroxyl groups is 1. The van der Waals surface area contributed by atoms with Gasteiger partial charge in [-0.25, -0.2) is 0 Å². The molecule has 5 rings (SSSR count). The zero-order valence-corrected chi connectivity index (χ0v) is 31.3. The smallest absolute Gasteiger partial charge is 0.306 e. The number of benzene rings is 3. The van der Waals surface area contributed by atoms with E-state index >= 15 is 0 Å². The number of rotatable bonds is 15. The van der Waals surface area contributed by atoms with Crippen LogP contribution in [0, 0.1) is 0 Å². The molecule has 2 heterocycles. The van der Waals surface area contributed by atoms with Crippen LogP contribution in [-0.2, 0) is 22.5 Å². The third kappa shape index (κ3) is 7.58. The van der Waals surface area contributed by atoms with E-state index in [4.69, 9.17) is 47.0 Å². The summed E-state index contributed by atoms with van der Waals surface area (Å²) in [5.41, 5.74) is 2.46. The van der Waals surface area contributed by atoms with Gasteiger partial charge >= 0.3 is 5.97 Å². The lowest BCUT2D eigenvalue weighted by atomic mass is 9.87. The highest BCUT2D eigenvalue weighted by atomic mass is 16.5. The van der Waals surface area contributed by atoms with E-state index in [0.29, 0.717) is 64.5 Å². The van der Waals surface area contributed by atoms with Gasteiger partial charge in [-0.3, -0.25) is 14.5 Å². The van der Waals surface area contributed by atoms with E-state index in [1.54, 1.807) is 40.6 Å². The number of hydrogen-bond acceptors (Lipinski definition) is 14. The minimum atomic E-state index is -1.02. The van der Waals surface area contributed by atoms with Gasteiger partial charge < -0.3 is 52.2 Å². The van der Waals surface area contributed by atoms with Gasteiger partial charge in [0.15, 0.2) is 40.3 Å². The standard InChI is InChI=1S/C39H45NO13/c1-44-28-19-32(48-5)31(47-4)17-25(28)26(18-35(42)51-8)38-37(43)27(41)15-23(53-38)20-40-11-10-21-12-29(45-2)30(46-3)16-24(21)36(40)22-13-33(49-6)39(52-9)34(14-22)50-7/h12-17,19,26,36,43H,10-11,18,20H2,1-9H3/t26-,36-/m1/s1. The molecule has 0 fully saturated rings. The summed E-state index contributed by atoms with van der Waals surface area (Å²) in [6.07, 6.45) is 0.328. The molecule has 1 aliphatic heterocycles. The minimum absolute atomic E-state index is 0.117. The van der Waals surface area contributed by atoms with Crippen LogP contribution in [0.1, 0.15) is 52.2 Å². The van der Waals surface area contributed by atoms with Crippen molar-refractivity contribution in [3.05, 3.63) is 86.5 Å². The normalized spacial score (nSPS) is 14.4. The number of carbonyl (C=O) groups excluding carboxylic acids is 1. The average Bonchev–Trinajstić information content (AvgIpc) is 3.19. The van der Waals surface area contributed by atoms with Crippen molar-refractivity contribution < 1.29 is 56.9 Å². The fraction of sp³-hybridized carbons (Fsp3) is 0.385. The summed E-state index contributed by atoms with van der Waals surface area (Å²) in [6, 6.07) is 11.7. The summed E-state index contributed by atoms with van der Waals surface area (Å²) in [5.74, 6) is 1.33. The summed E-state index contributed by atoms with van der Waals surface area (Å²) < 4.78 is 56.4. The molecular formula is C39H45NO13. The third-order valence-corrected chi connectivity index (χ3v) is 9.36. The summed E-state index contributed by atoms with van der Waals surface area (Å²) in [6.45, 7) is 0.643. The fourth-order valence-electron chi connectivity index (χ4n) is 6.81. The zero-order valence-electron chi connectivity index (χ0n) is 31.3. The van der Waals surface area contributed by atoms with Crippen LogP contribution in [-0.4, -0.2) is 86.5 Å². The van der Waals surface area contributed by atoms with Crippen LogP contribution in [0.5, 0.6) is 51.7 Å². The molecule has 1 aliphatic rings. The van der Waals surface area contributed by atoms with Gasteiger partial charge in [0.25, 0.3) is 0 Å². The number of esters is 1. The first kappa shape index (κ1) is 38.5. The summed E-state index contributed by atoms with van der Waals surface area (Å²) in [4.78, 5) is 28.5. The van der Waals surface area contributed by atoms with E-state index in [2.05, 4.69) is 4.90 Å². The molecule has 14 heteroatoms. The Morgan fingerprint density at radius 2 is 1.30 bits per heavy atom. The maximum absolute atomic E-state index is 13.5. The van der Waals surface area contributed by atoms with Gasteiger partial charge in [-0.1, -0.05) is 0 Å². The first-order valence-electron chi connectivity index (χ1n) is 16.6. The molecule has 1 N–H and O–H groups in total. The van der Waals surface area contributed by atoms with Crippen LogP contribution in [0.2, 0.25) is 0 Å². The first-order valence-corrected chi connectivity index (χ1v) is 16.6. The topological polar surface area (TPSA) is 154 Å². The Labute approximate surface area is 307 Å². The van der Waals surface area contributed by atoms with Gasteiger partial charge in [0.1, 0.15) is 11.5 Å². The van der Waals surface area contributed by atoms with Gasteiger partial charge in [0.2, 0.25) is 16.9 Å². The molecule has 0 spiro atoms. The van der Waals surface area contributed by atoms with Crippen LogP contribution in [0.15, 0.2) is 51.7 Å². The highest BCUT2D eigenvalue weighted by molar-refractivity contribution is 5.72. The Balaban J connectivity index is 1.68. The van der Waals surface area contributed by atoms with E-state index in [9.17, 15) is 14.7 Å². The van der Waals surface area contributed by atoms with E-state index in [0.717, 1.165) is 16.7 Å². The molecule has 14 nitrogen and oxygen atoms in total.